The highest BCUT2D eigenvalue weighted by Gasteiger charge is 2.12. The van der Waals surface area contributed by atoms with Crippen molar-refractivity contribution in [2.45, 2.75) is 0 Å². The molecule has 0 aliphatic rings. The summed E-state index contributed by atoms with van der Waals surface area (Å²) in [5.74, 6) is -1.31. The summed E-state index contributed by atoms with van der Waals surface area (Å²) in [7, 11) is 0. The van der Waals surface area contributed by atoms with Gasteiger partial charge in [-0.25, -0.2) is 4.79 Å². The molecule has 1 aromatic carbocycles. The molecule has 0 aromatic heterocycles. The van der Waals surface area contributed by atoms with Gasteiger partial charge in [0, 0.05) is 0 Å². The van der Waals surface area contributed by atoms with Crippen molar-refractivity contribution in [1.29, 1.82) is 5.26 Å². The molecular formula is C10H8N2O2. The van der Waals surface area contributed by atoms with Crippen LogP contribution in [0, 0.1) is 11.3 Å². The smallest absolute Gasteiger partial charge is 0.348 e. The van der Waals surface area contributed by atoms with Gasteiger partial charge in [0.05, 0.1) is 5.70 Å². The summed E-state index contributed by atoms with van der Waals surface area (Å²) in [6.07, 6.45) is 0. The summed E-state index contributed by atoms with van der Waals surface area (Å²) in [6.45, 7) is 0. The number of rotatable bonds is 2. The van der Waals surface area contributed by atoms with E-state index in [1.165, 1.54) is 0 Å². The Kier molecular flexibility index (Phi) is 2.87. The van der Waals surface area contributed by atoms with E-state index in [2.05, 4.69) is 0 Å². The minimum absolute atomic E-state index is 0.0133. The van der Waals surface area contributed by atoms with Crippen LogP contribution in [0.25, 0.3) is 5.70 Å². The van der Waals surface area contributed by atoms with Gasteiger partial charge in [-0.3, -0.25) is 0 Å². The van der Waals surface area contributed by atoms with Gasteiger partial charge in [0.2, 0.25) is 0 Å². The zero-order chi connectivity index (χ0) is 10.6. The number of hydrogen-bond acceptors (Lipinski definition) is 3. The van der Waals surface area contributed by atoms with E-state index in [0.29, 0.717) is 5.56 Å². The van der Waals surface area contributed by atoms with Gasteiger partial charge >= 0.3 is 5.97 Å². The molecule has 70 valence electrons. The molecule has 3 N–H and O–H groups in total. The van der Waals surface area contributed by atoms with Crippen LogP contribution in [0.2, 0.25) is 0 Å². The number of benzene rings is 1. The number of nitrogens with two attached hydrogens (primary N) is 1. The van der Waals surface area contributed by atoms with Crippen LogP contribution < -0.4 is 5.73 Å². The van der Waals surface area contributed by atoms with Gasteiger partial charge < -0.3 is 10.8 Å². The molecule has 0 unspecified atom stereocenters. The molecule has 4 nitrogen and oxygen atoms in total. The lowest BCUT2D eigenvalue weighted by atomic mass is 10.1. The Hall–Kier alpha value is -2.28. The number of nitriles is 1. The topological polar surface area (TPSA) is 87.1 Å². The molecule has 0 heterocycles. The Morgan fingerprint density at radius 1 is 1.36 bits per heavy atom. The Labute approximate surface area is 80.9 Å². The van der Waals surface area contributed by atoms with E-state index in [1.54, 1.807) is 36.4 Å². The first-order chi connectivity index (χ1) is 6.66. The van der Waals surface area contributed by atoms with Crippen molar-refractivity contribution in [2.24, 2.45) is 5.73 Å². The van der Waals surface area contributed by atoms with E-state index in [4.69, 9.17) is 16.1 Å². The summed E-state index contributed by atoms with van der Waals surface area (Å²) < 4.78 is 0. The molecule has 1 rings (SSSR count). The predicted molar refractivity (Wildman–Crippen MR) is 50.8 cm³/mol. The van der Waals surface area contributed by atoms with Gasteiger partial charge in [-0.2, -0.15) is 5.26 Å². The molecular weight excluding hydrogens is 180 g/mol. The molecule has 0 spiro atoms. The summed E-state index contributed by atoms with van der Waals surface area (Å²) in [5.41, 5.74) is 5.61. The highest BCUT2D eigenvalue weighted by Crippen LogP contribution is 2.12. The van der Waals surface area contributed by atoms with Crippen LogP contribution in [0.15, 0.2) is 35.9 Å². The maximum Gasteiger partial charge on any atom is 0.348 e. The number of aliphatic carboxylic acids is 1. The van der Waals surface area contributed by atoms with Crippen molar-refractivity contribution in [3.8, 4) is 6.07 Å². The van der Waals surface area contributed by atoms with Crippen molar-refractivity contribution in [3.05, 3.63) is 41.5 Å². The van der Waals surface area contributed by atoms with Crippen molar-refractivity contribution < 1.29 is 9.90 Å². The van der Waals surface area contributed by atoms with E-state index < -0.39 is 11.5 Å². The van der Waals surface area contributed by atoms with Crippen molar-refractivity contribution in [3.63, 3.8) is 0 Å². The molecule has 14 heavy (non-hydrogen) atoms. The van der Waals surface area contributed by atoms with E-state index in [-0.39, 0.29) is 5.70 Å². The third-order valence-electron chi connectivity index (χ3n) is 1.68. The third kappa shape index (κ3) is 1.90. The Balaban J connectivity index is 3.23. The van der Waals surface area contributed by atoms with E-state index in [0.717, 1.165) is 0 Å². The Morgan fingerprint density at radius 3 is 2.36 bits per heavy atom. The van der Waals surface area contributed by atoms with Crippen molar-refractivity contribution in [1.82, 2.24) is 0 Å². The molecule has 1 aromatic rings. The van der Waals surface area contributed by atoms with Gasteiger partial charge in [-0.05, 0) is 5.56 Å². The fraction of sp³-hybridized carbons (Fsp3) is 0. The first kappa shape index (κ1) is 9.81. The van der Waals surface area contributed by atoms with Gasteiger partial charge in [0.15, 0.2) is 5.57 Å². The van der Waals surface area contributed by atoms with Crippen LogP contribution in [-0.4, -0.2) is 11.1 Å². The zero-order valence-corrected chi connectivity index (χ0v) is 7.27. The van der Waals surface area contributed by atoms with E-state index >= 15 is 0 Å². The largest absolute Gasteiger partial charge is 0.477 e. The first-order valence-electron chi connectivity index (χ1n) is 3.85. The summed E-state index contributed by atoms with van der Waals surface area (Å²) >= 11 is 0. The second kappa shape index (κ2) is 4.10. The van der Waals surface area contributed by atoms with Gasteiger partial charge in [-0.1, -0.05) is 30.3 Å². The lowest BCUT2D eigenvalue weighted by Crippen LogP contribution is -2.08. The van der Waals surface area contributed by atoms with E-state index in [9.17, 15) is 4.79 Å². The van der Waals surface area contributed by atoms with Gasteiger partial charge in [0.25, 0.3) is 0 Å². The summed E-state index contributed by atoms with van der Waals surface area (Å²) in [6, 6.07) is 10.1. The molecule has 0 radical (unpaired) electrons. The fourth-order valence-corrected chi connectivity index (χ4v) is 0.985. The number of carboxylic acid groups (broad SMARTS) is 1. The van der Waals surface area contributed by atoms with Crippen LogP contribution in [0.4, 0.5) is 0 Å². The molecule has 0 aliphatic heterocycles. The normalized spacial score (nSPS) is 11.4. The molecule has 0 saturated heterocycles. The Morgan fingerprint density at radius 2 is 1.93 bits per heavy atom. The molecule has 0 bridgehead atoms. The minimum atomic E-state index is -1.31. The highest BCUT2D eigenvalue weighted by atomic mass is 16.4. The second-order valence-electron chi connectivity index (χ2n) is 2.57. The number of carbonyl (C=O) groups is 1. The van der Waals surface area contributed by atoms with Crippen LogP contribution in [0.1, 0.15) is 5.56 Å². The van der Waals surface area contributed by atoms with Crippen molar-refractivity contribution >= 4 is 11.7 Å². The molecule has 0 atom stereocenters. The monoisotopic (exact) mass is 188 g/mol. The second-order valence-corrected chi connectivity index (χ2v) is 2.57. The van der Waals surface area contributed by atoms with Crippen LogP contribution in [0.3, 0.4) is 0 Å². The minimum Gasteiger partial charge on any atom is -0.477 e. The third-order valence-corrected chi connectivity index (χ3v) is 1.68. The molecule has 0 amide bonds. The predicted octanol–water partition coefficient (Wildman–Crippen LogP) is 0.965. The average molecular weight is 188 g/mol. The number of nitrogens with zero attached hydrogens (tertiary/aromatic N) is 1. The number of hydrogen-bond donors (Lipinski definition) is 2. The standard InChI is InChI=1S/C10H8N2O2/c11-6-8(10(13)14)9(12)7-4-2-1-3-5-7/h1-5H,12H2,(H,13,14)/b9-8-. The van der Waals surface area contributed by atoms with Gasteiger partial charge in [-0.15, -0.1) is 0 Å². The SMILES string of the molecule is N#C/C(C(=O)O)=C(/N)c1ccccc1. The Bertz CT molecular complexity index is 415. The quantitative estimate of drug-likeness (QED) is 0.534. The lowest BCUT2D eigenvalue weighted by molar-refractivity contribution is -0.132. The van der Waals surface area contributed by atoms with Crippen LogP contribution in [-0.2, 0) is 4.79 Å². The average Bonchev–Trinajstić information content (AvgIpc) is 2.19. The van der Waals surface area contributed by atoms with Crippen LogP contribution >= 0.6 is 0 Å². The van der Waals surface area contributed by atoms with Gasteiger partial charge in [0.1, 0.15) is 6.07 Å². The fourth-order valence-electron chi connectivity index (χ4n) is 0.985. The lowest BCUT2D eigenvalue weighted by Gasteiger charge is -2.01. The molecule has 4 heteroatoms. The maximum atomic E-state index is 10.6. The maximum absolute atomic E-state index is 10.6. The summed E-state index contributed by atoms with van der Waals surface area (Å²) in [4.78, 5) is 10.6. The zero-order valence-electron chi connectivity index (χ0n) is 7.27. The molecule has 0 aliphatic carbocycles. The highest BCUT2D eigenvalue weighted by molar-refractivity contribution is 5.99. The molecule has 0 saturated carbocycles. The summed E-state index contributed by atoms with van der Waals surface area (Å²) in [5, 5.41) is 17.2. The first-order valence-corrected chi connectivity index (χ1v) is 3.85. The van der Waals surface area contributed by atoms with E-state index in [1.807, 2.05) is 0 Å². The molecule has 0 fully saturated rings. The van der Waals surface area contributed by atoms with Crippen LogP contribution in [0.5, 0.6) is 0 Å². The van der Waals surface area contributed by atoms with Crippen molar-refractivity contribution in [2.75, 3.05) is 0 Å². The number of carboxylic acids is 1.